The second-order valence-corrected chi connectivity index (χ2v) is 4.30. The number of halogens is 3. The van der Waals surface area contributed by atoms with E-state index < -0.39 is 18.6 Å². The number of ether oxygens (including phenoxy) is 1. The number of benzene rings is 2. The monoisotopic (exact) mass is 303 g/mol. The third kappa shape index (κ3) is 2.85. The van der Waals surface area contributed by atoms with Gasteiger partial charge in [-0.2, -0.15) is 0 Å². The SMILES string of the molecule is COc1ccc([C@@H](N)C(F)(F)CO)c2ccccc12.Cl. The fourth-order valence-corrected chi connectivity index (χ4v) is 2.07. The number of aliphatic hydroxyl groups is 1. The molecular formula is C14H16ClF2NO2. The average molecular weight is 304 g/mol. The summed E-state index contributed by atoms with van der Waals surface area (Å²) in [6, 6.07) is 8.58. The van der Waals surface area contributed by atoms with Gasteiger partial charge in [0.15, 0.2) is 0 Å². The van der Waals surface area contributed by atoms with Crippen molar-refractivity contribution in [1.29, 1.82) is 0 Å². The van der Waals surface area contributed by atoms with E-state index in [9.17, 15) is 8.78 Å². The molecule has 2 aromatic carbocycles. The molecule has 0 spiro atoms. The number of methoxy groups -OCH3 is 1. The number of rotatable bonds is 4. The molecular weight excluding hydrogens is 288 g/mol. The Morgan fingerprint density at radius 3 is 2.35 bits per heavy atom. The Balaban J connectivity index is 0.00000200. The first kappa shape index (κ1) is 16.6. The molecule has 0 heterocycles. The average Bonchev–Trinajstić information content (AvgIpc) is 2.45. The summed E-state index contributed by atoms with van der Waals surface area (Å²) < 4.78 is 32.3. The summed E-state index contributed by atoms with van der Waals surface area (Å²) in [5.41, 5.74) is 5.88. The van der Waals surface area contributed by atoms with Gasteiger partial charge in [-0.1, -0.05) is 30.3 Å². The number of fused-ring (bicyclic) bond motifs is 1. The van der Waals surface area contributed by atoms with Gasteiger partial charge in [-0.3, -0.25) is 0 Å². The fourth-order valence-electron chi connectivity index (χ4n) is 2.07. The first-order valence-corrected chi connectivity index (χ1v) is 5.81. The van der Waals surface area contributed by atoms with Crippen LogP contribution in [0.5, 0.6) is 5.75 Å². The first-order chi connectivity index (χ1) is 9.01. The summed E-state index contributed by atoms with van der Waals surface area (Å²) in [5, 5.41) is 10.1. The Labute approximate surface area is 121 Å². The van der Waals surface area contributed by atoms with Crippen molar-refractivity contribution in [3.8, 4) is 5.75 Å². The summed E-state index contributed by atoms with van der Waals surface area (Å²) in [6.45, 7) is -1.28. The molecule has 0 saturated heterocycles. The molecule has 0 saturated carbocycles. The van der Waals surface area contributed by atoms with Gasteiger partial charge in [0, 0.05) is 5.39 Å². The van der Waals surface area contributed by atoms with Crippen LogP contribution in [0.2, 0.25) is 0 Å². The van der Waals surface area contributed by atoms with Crippen LogP contribution in [0.25, 0.3) is 10.8 Å². The van der Waals surface area contributed by atoms with Gasteiger partial charge in [-0.25, -0.2) is 8.78 Å². The summed E-state index contributed by atoms with van der Waals surface area (Å²) in [6.07, 6.45) is 0. The minimum atomic E-state index is -3.36. The van der Waals surface area contributed by atoms with Crippen molar-refractivity contribution in [2.45, 2.75) is 12.0 Å². The van der Waals surface area contributed by atoms with E-state index >= 15 is 0 Å². The maximum atomic E-state index is 13.5. The Bertz CT molecular complexity index is 592. The van der Waals surface area contributed by atoms with Crippen molar-refractivity contribution < 1.29 is 18.6 Å². The van der Waals surface area contributed by atoms with Crippen LogP contribution >= 0.6 is 12.4 Å². The molecule has 0 unspecified atom stereocenters. The number of hydrogen-bond acceptors (Lipinski definition) is 3. The Hall–Kier alpha value is -1.43. The highest BCUT2D eigenvalue weighted by atomic mass is 35.5. The van der Waals surface area contributed by atoms with Gasteiger partial charge in [0.25, 0.3) is 5.92 Å². The second kappa shape index (κ2) is 6.35. The predicted molar refractivity (Wildman–Crippen MR) is 76.7 cm³/mol. The first-order valence-electron chi connectivity index (χ1n) is 5.81. The van der Waals surface area contributed by atoms with Gasteiger partial charge in [0.1, 0.15) is 12.4 Å². The third-order valence-corrected chi connectivity index (χ3v) is 3.14. The summed E-state index contributed by atoms with van der Waals surface area (Å²) in [4.78, 5) is 0. The molecule has 3 nitrogen and oxygen atoms in total. The van der Waals surface area contributed by atoms with E-state index in [1.165, 1.54) is 13.2 Å². The molecule has 110 valence electrons. The van der Waals surface area contributed by atoms with E-state index in [2.05, 4.69) is 0 Å². The zero-order valence-electron chi connectivity index (χ0n) is 10.8. The molecule has 20 heavy (non-hydrogen) atoms. The molecule has 6 heteroatoms. The second-order valence-electron chi connectivity index (χ2n) is 4.30. The van der Waals surface area contributed by atoms with Crippen LogP contribution in [0.3, 0.4) is 0 Å². The van der Waals surface area contributed by atoms with Gasteiger partial charge in [0.2, 0.25) is 0 Å². The van der Waals surface area contributed by atoms with E-state index in [1.54, 1.807) is 30.3 Å². The minimum absolute atomic E-state index is 0. The Kier molecular flexibility index (Phi) is 5.28. The van der Waals surface area contributed by atoms with Crippen LogP contribution in [0, 0.1) is 0 Å². The third-order valence-electron chi connectivity index (χ3n) is 3.14. The molecule has 0 aliphatic rings. The van der Waals surface area contributed by atoms with Crippen LogP contribution in [0.4, 0.5) is 8.78 Å². The van der Waals surface area contributed by atoms with Gasteiger partial charge in [-0.05, 0) is 17.0 Å². The van der Waals surface area contributed by atoms with Crippen LogP contribution in [0.1, 0.15) is 11.6 Å². The molecule has 2 rings (SSSR count). The van der Waals surface area contributed by atoms with E-state index in [1.807, 2.05) is 0 Å². The smallest absolute Gasteiger partial charge is 0.289 e. The molecule has 0 bridgehead atoms. The lowest BCUT2D eigenvalue weighted by Gasteiger charge is -2.23. The molecule has 3 N–H and O–H groups in total. The largest absolute Gasteiger partial charge is 0.496 e. The summed E-state index contributed by atoms with van der Waals surface area (Å²) >= 11 is 0. The Morgan fingerprint density at radius 1 is 1.20 bits per heavy atom. The molecule has 2 aromatic rings. The standard InChI is InChI=1S/C14H15F2NO2.ClH/c1-19-12-7-6-11(13(17)14(15,16)8-18)9-4-2-3-5-10(9)12;/h2-7,13,18H,8,17H2,1H3;1H/t13-;/m1./s1. The lowest BCUT2D eigenvalue weighted by atomic mass is 9.95. The van der Waals surface area contributed by atoms with Crippen molar-refractivity contribution in [2.75, 3.05) is 13.7 Å². The zero-order valence-corrected chi connectivity index (χ0v) is 11.7. The summed E-state index contributed by atoms with van der Waals surface area (Å²) in [5.74, 6) is -2.77. The topological polar surface area (TPSA) is 55.5 Å². The van der Waals surface area contributed by atoms with E-state index in [0.717, 1.165) is 0 Å². The number of nitrogens with two attached hydrogens (primary N) is 1. The molecule has 0 aliphatic heterocycles. The number of alkyl halides is 2. The maximum Gasteiger partial charge on any atom is 0.289 e. The van der Waals surface area contributed by atoms with Crippen molar-refractivity contribution in [2.24, 2.45) is 5.73 Å². The van der Waals surface area contributed by atoms with Crippen molar-refractivity contribution in [1.82, 2.24) is 0 Å². The normalized spacial score (nSPS) is 12.8. The predicted octanol–water partition coefficient (Wildman–Crippen LogP) is 2.90. The van der Waals surface area contributed by atoms with E-state index in [0.29, 0.717) is 16.5 Å². The zero-order chi connectivity index (χ0) is 14.0. The number of aliphatic hydroxyl groups excluding tert-OH is 1. The van der Waals surface area contributed by atoms with Gasteiger partial charge in [0.05, 0.1) is 13.2 Å². The van der Waals surface area contributed by atoms with Crippen LogP contribution in [0.15, 0.2) is 36.4 Å². The minimum Gasteiger partial charge on any atom is -0.496 e. The molecule has 0 radical (unpaired) electrons. The van der Waals surface area contributed by atoms with E-state index in [-0.39, 0.29) is 18.0 Å². The summed E-state index contributed by atoms with van der Waals surface area (Å²) in [7, 11) is 1.52. The Morgan fingerprint density at radius 2 is 1.80 bits per heavy atom. The maximum absolute atomic E-state index is 13.5. The highest BCUT2D eigenvalue weighted by molar-refractivity contribution is 5.91. The van der Waals surface area contributed by atoms with Crippen LogP contribution in [-0.4, -0.2) is 24.7 Å². The van der Waals surface area contributed by atoms with Crippen LogP contribution in [-0.2, 0) is 0 Å². The fraction of sp³-hybridized carbons (Fsp3) is 0.286. The highest BCUT2D eigenvalue weighted by Crippen LogP contribution is 2.36. The van der Waals surface area contributed by atoms with Crippen molar-refractivity contribution in [3.63, 3.8) is 0 Å². The van der Waals surface area contributed by atoms with Gasteiger partial charge >= 0.3 is 0 Å². The molecule has 0 aromatic heterocycles. The van der Waals surface area contributed by atoms with Crippen molar-refractivity contribution in [3.05, 3.63) is 42.0 Å². The highest BCUT2D eigenvalue weighted by Gasteiger charge is 2.38. The van der Waals surface area contributed by atoms with Gasteiger partial charge < -0.3 is 15.6 Å². The van der Waals surface area contributed by atoms with Crippen molar-refractivity contribution >= 4 is 23.2 Å². The van der Waals surface area contributed by atoms with E-state index in [4.69, 9.17) is 15.6 Å². The molecule has 0 fully saturated rings. The van der Waals surface area contributed by atoms with Crippen LogP contribution < -0.4 is 10.5 Å². The quantitative estimate of drug-likeness (QED) is 0.913. The molecule has 0 amide bonds. The lowest BCUT2D eigenvalue weighted by molar-refractivity contribution is -0.0708. The lowest BCUT2D eigenvalue weighted by Crippen LogP contribution is -2.36. The molecule has 0 aliphatic carbocycles. The number of hydrogen-bond donors (Lipinski definition) is 2. The molecule has 1 atom stereocenters. The van der Waals surface area contributed by atoms with Gasteiger partial charge in [-0.15, -0.1) is 12.4 Å².